The Hall–Kier alpha value is -4.33. The normalized spacial score (nSPS) is 14.1. The number of carbonyl (C=O) groups is 2. The molecule has 178 valence electrons. The number of nitrogens with two attached hydrogens (primary N) is 1. The molecular weight excluding hydrogens is 442 g/mol. The number of amides is 2. The number of H-pyrrole nitrogens is 1. The van der Waals surface area contributed by atoms with E-state index in [1.54, 1.807) is 55.0 Å². The van der Waals surface area contributed by atoms with Crippen molar-refractivity contribution in [2.75, 3.05) is 35.2 Å². The minimum absolute atomic E-state index is 0.220. The molecule has 8 heteroatoms. The number of imide groups is 1. The number of rotatable bonds is 5. The van der Waals surface area contributed by atoms with Gasteiger partial charge in [-0.15, -0.1) is 0 Å². The SMILES string of the molecule is Nc1ccccc1N(C(=O)OCC1CCN(c2ccncc2)CC1)C(=O)c1ccc2cc[nH]c2c1. The van der Waals surface area contributed by atoms with Gasteiger partial charge in [0, 0.05) is 48.4 Å². The maximum atomic E-state index is 13.5. The standard InChI is InChI=1S/C27H27N5O3/c28-23-3-1-2-4-25(23)32(26(33)21-6-5-20-7-14-30-24(20)17-21)27(34)35-18-19-10-15-31(16-11-19)22-8-12-29-13-9-22/h1-9,12-14,17,19,30H,10-11,15-16,18,28H2. The molecule has 0 unspecified atom stereocenters. The summed E-state index contributed by atoms with van der Waals surface area (Å²) in [6.45, 7) is 1.99. The second kappa shape index (κ2) is 9.89. The average Bonchev–Trinajstić information content (AvgIpc) is 3.37. The number of piperidine rings is 1. The van der Waals surface area contributed by atoms with Gasteiger partial charge >= 0.3 is 6.09 Å². The number of hydrogen-bond acceptors (Lipinski definition) is 6. The first-order chi connectivity index (χ1) is 17.1. The van der Waals surface area contributed by atoms with E-state index < -0.39 is 12.0 Å². The highest BCUT2D eigenvalue weighted by atomic mass is 16.6. The van der Waals surface area contributed by atoms with E-state index >= 15 is 0 Å². The molecule has 0 spiro atoms. The highest BCUT2D eigenvalue weighted by Gasteiger charge is 2.29. The second-order valence-electron chi connectivity index (χ2n) is 8.69. The summed E-state index contributed by atoms with van der Waals surface area (Å²) in [5.41, 5.74) is 9.09. The molecule has 0 atom stereocenters. The van der Waals surface area contributed by atoms with Crippen molar-refractivity contribution >= 4 is 40.0 Å². The Balaban J connectivity index is 1.29. The predicted molar refractivity (Wildman–Crippen MR) is 136 cm³/mol. The van der Waals surface area contributed by atoms with Gasteiger partial charge in [-0.25, -0.2) is 9.69 Å². The first-order valence-electron chi connectivity index (χ1n) is 11.7. The van der Waals surface area contributed by atoms with Crippen LogP contribution < -0.4 is 15.5 Å². The quantitative estimate of drug-likeness (QED) is 0.405. The van der Waals surface area contributed by atoms with Crippen molar-refractivity contribution in [1.29, 1.82) is 0 Å². The van der Waals surface area contributed by atoms with Gasteiger partial charge in [-0.05, 0) is 66.6 Å². The molecule has 2 aromatic carbocycles. The number of benzene rings is 2. The van der Waals surface area contributed by atoms with E-state index in [9.17, 15) is 9.59 Å². The number of aromatic nitrogens is 2. The molecule has 2 aromatic heterocycles. The topological polar surface area (TPSA) is 105 Å². The number of fused-ring (bicyclic) bond motifs is 1. The zero-order valence-corrected chi connectivity index (χ0v) is 19.3. The smallest absolute Gasteiger partial charge is 0.421 e. The van der Waals surface area contributed by atoms with Crippen LogP contribution in [-0.4, -0.2) is 41.7 Å². The van der Waals surface area contributed by atoms with E-state index in [2.05, 4.69) is 14.9 Å². The molecule has 3 N–H and O–H groups in total. The Kier molecular flexibility index (Phi) is 6.34. The monoisotopic (exact) mass is 469 g/mol. The van der Waals surface area contributed by atoms with Crippen molar-refractivity contribution in [3.63, 3.8) is 0 Å². The third-order valence-corrected chi connectivity index (χ3v) is 6.45. The van der Waals surface area contributed by atoms with Gasteiger partial charge in [0.25, 0.3) is 5.91 Å². The van der Waals surface area contributed by atoms with Crippen molar-refractivity contribution in [3.8, 4) is 0 Å². The molecule has 8 nitrogen and oxygen atoms in total. The molecule has 1 aliphatic rings. The number of nitrogens with zero attached hydrogens (tertiary/aromatic N) is 3. The van der Waals surface area contributed by atoms with Gasteiger partial charge in [0.05, 0.1) is 18.0 Å². The summed E-state index contributed by atoms with van der Waals surface area (Å²) in [6.07, 6.45) is 6.44. The summed E-state index contributed by atoms with van der Waals surface area (Å²) < 4.78 is 5.68. The van der Waals surface area contributed by atoms with Gasteiger partial charge in [-0.3, -0.25) is 9.78 Å². The van der Waals surface area contributed by atoms with E-state index in [1.165, 1.54) is 0 Å². The summed E-state index contributed by atoms with van der Waals surface area (Å²) in [5.74, 6) is -0.269. The highest BCUT2D eigenvalue weighted by Crippen LogP contribution is 2.28. The fraction of sp³-hybridized carbons (Fsp3) is 0.222. The molecular formula is C27H27N5O3. The van der Waals surface area contributed by atoms with Crippen LogP contribution in [0.4, 0.5) is 21.9 Å². The Bertz CT molecular complexity index is 1330. The minimum atomic E-state index is -0.726. The zero-order chi connectivity index (χ0) is 24.2. The molecule has 1 fully saturated rings. The van der Waals surface area contributed by atoms with Crippen molar-refractivity contribution < 1.29 is 14.3 Å². The van der Waals surface area contributed by atoms with Crippen molar-refractivity contribution in [2.24, 2.45) is 5.92 Å². The number of anilines is 3. The van der Waals surface area contributed by atoms with Crippen LogP contribution in [0.25, 0.3) is 10.9 Å². The van der Waals surface area contributed by atoms with Crippen molar-refractivity contribution in [3.05, 3.63) is 84.8 Å². The maximum Gasteiger partial charge on any atom is 0.421 e. The summed E-state index contributed by atoms with van der Waals surface area (Å²) in [5, 5.41) is 0.980. The van der Waals surface area contributed by atoms with E-state index in [4.69, 9.17) is 10.5 Å². The summed E-state index contributed by atoms with van der Waals surface area (Å²) in [6, 6.07) is 18.0. The minimum Gasteiger partial charge on any atom is -0.449 e. The number of pyridine rings is 1. The Labute approximate surface area is 203 Å². The molecule has 0 bridgehead atoms. The van der Waals surface area contributed by atoms with Crippen LogP contribution in [0.1, 0.15) is 23.2 Å². The number of nitrogens with one attached hydrogen (secondary N) is 1. The average molecular weight is 470 g/mol. The number of carbonyl (C=O) groups excluding carboxylic acids is 2. The molecule has 5 rings (SSSR count). The van der Waals surface area contributed by atoms with Crippen LogP contribution in [0.15, 0.2) is 79.3 Å². The van der Waals surface area contributed by atoms with E-state index in [-0.39, 0.29) is 12.5 Å². The molecule has 4 aromatic rings. The molecule has 3 heterocycles. The number of nitrogen functional groups attached to an aromatic ring is 1. The second-order valence-corrected chi connectivity index (χ2v) is 8.69. The lowest BCUT2D eigenvalue weighted by Gasteiger charge is -2.33. The Morgan fingerprint density at radius 3 is 2.60 bits per heavy atom. The molecule has 0 radical (unpaired) electrons. The van der Waals surface area contributed by atoms with Crippen LogP contribution in [0, 0.1) is 5.92 Å². The first-order valence-corrected chi connectivity index (χ1v) is 11.7. The lowest BCUT2D eigenvalue weighted by Crippen LogP contribution is -2.40. The van der Waals surface area contributed by atoms with Crippen LogP contribution in [-0.2, 0) is 4.74 Å². The van der Waals surface area contributed by atoms with Gasteiger partial charge in [0.1, 0.15) is 0 Å². The third kappa shape index (κ3) is 4.82. The fourth-order valence-corrected chi connectivity index (χ4v) is 4.46. The van der Waals surface area contributed by atoms with Gasteiger partial charge in [0.15, 0.2) is 0 Å². The maximum absolute atomic E-state index is 13.5. The van der Waals surface area contributed by atoms with Crippen LogP contribution in [0.5, 0.6) is 0 Å². The Morgan fingerprint density at radius 2 is 1.83 bits per heavy atom. The largest absolute Gasteiger partial charge is 0.449 e. The fourth-order valence-electron chi connectivity index (χ4n) is 4.46. The summed E-state index contributed by atoms with van der Waals surface area (Å²) in [7, 11) is 0. The van der Waals surface area contributed by atoms with Gasteiger partial charge < -0.3 is 20.4 Å². The molecule has 0 aliphatic carbocycles. The van der Waals surface area contributed by atoms with Gasteiger partial charge in [-0.1, -0.05) is 18.2 Å². The number of para-hydroxylation sites is 2. The number of aromatic amines is 1. The van der Waals surface area contributed by atoms with E-state index in [1.807, 2.05) is 24.3 Å². The van der Waals surface area contributed by atoms with Crippen LogP contribution >= 0.6 is 0 Å². The molecule has 0 saturated carbocycles. The van der Waals surface area contributed by atoms with E-state index in [0.29, 0.717) is 16.9 Å². The van der Waals surface area contributed by atoms with Crippen molar-refractivity contribution in [1.82, 2.24) is 9.97 Å². The lowest BCUT2D eigenvalue weighted by atomic mass is 9.97. The predicted octanol–water partition coefficient (Wildman–Crippen LogP) is 4.85. The zero-order valence-electron chi connectivity index (χ0n) is 19.3. The molecule has 1 saturated heterocycles. The van der Waals surface area contributed by atoms with Crippen LogP contribution in [0.2, 0.25) is 0 Å². The van der Waals surface area contributed by atoms with Crippen LogP contribution in [0.3, 0.4) is 0 Å². The lowest BCUT2D eigenvalue weighted by molar-refractivity contribution is 0.0942. The van der Waals surface area contributed by atoms with Gasteiger partial charge in [0.2, 0.25) is 0 Å². The molecule has 35 heavy (non-hydrogen) atoms. The number of hydrogen-bond donors (Lipinski definition) is 2. The highest BCUT2D eigenvalue weighted by molar-refractivity contribution is 6.21. The Morgan fingerprint density at radius 1 is 1.06 bits per heavy atom. The van der Waals surface area contributed by atoms with Crippen molar-refractivity contribution in [2.45, 2.75) is 12.8 Å². The van der Waals surface area contributed by atoms with E-state index in [0.717, 1.165) is 47.4 Å². The number of ether oxygens (including phenoxy) is 1. The summed E-state index contributed by atoms with van der Waals surface area (Å²) in [4.78, 5) is 37.3. The third-order valence-electron chi connectivity index (χ3n) is 6.45. The summed E-state index contributed by atoms with van der Waals surface area (Å²) >= 11 is 0. The first kappa shape index (κ1) is 22.5. The molecule has 2 amide bonds. The molecule has 1 aliphatic heterocycles. The van der Waals surface area contributed by atoms with Gasteiger partial charge in [-0.2, -0.15) is 0 Å².